The Hall–Kier alpha value is -2.30. The highest BCUT2D eigenvalue weighted by molar-refractivity contribution is 5.79. The van der Waals surface area contributed by atoms with Crippen LogP contribution in [0.3, 0.4) is 0 Å². The molecule has 2 aromatic heterocycles. The first-order chi connectivity index (χ1) is 13.2. The molecule has 0 radical (unpaired) electrons. The number of likely N-dealkylation sites (tertiary alicyclic amines) is 1. The predicted octanol–water partition coefficient (Wildman–Crippen LogP) is 3.63. The molecular formula is C22H26N2O3. The Morgan fingerprint density at radius 3 is 2.67 bits per heavy atom. The lowest BCUT2D eigenvalue weighted by atomic mass is 9.81. The van der Waals surface area contributed by atoms with Crippen molar-refractivity contribution < 1.29 is 9.21 Å². The van der Waals surface area contributed by atoms with Gasteiger partial charge in [-0.2, -0.15) is 0 Å². The molecule has 1 saturated heterocycles. The van der Waals surface area contributed by atoms with Gasteiger partial charge < -0.3 is 13.9 Å². The Morgan fingerprint density at radius 2 is 1.89 bits per heavy atom. The normalized spacial score (nSPS) is 25.3. The number of fused-ring (bicyclic) bond motifs is 4. The molecule has 1 aliphatic carbocycles. The number of hydrogen-bond donors (Lipinski definition) is 0. The van der Waals surface area contributed by atoms with Crippen LogP contribution in [0.1, 0.15) is 50.1 Å². The summed E-state index contributed by atoms with van der Waals surface area (Å²) in [7, 11) is 0. The van der Waals surface area contributed by atoms with Crippen LogP contribution in [0.25, 0.3) is 11.3 Å². The molecule has 2 bridgehead atoms. The zero-order valence-electron chi connectivity index (χ0n) is 15.6. The van der Waals surface area contributed by atoms with Crippen LogP contribution >= 0.6 is 0 Å². The number of amides is 1. The van der Waals surface area contributed by atoms with Gasteiger partial charge >= 0.3 is 0 Å². The number of pyridine rings is 1. The zero-order valence-corrected chi connectivity index (χ0v) is 15.6. The Balaban J connectivity index is 1.42. The van der Waals surface area contributed by atoms with E-state index in [1.165, 1.54) is 19.3 Å². The highest BCUT2D eigenvalue weighted by Gasteiger charge is 2.38. The van der Waals surface area contributed by atoms with Gasteiger partial charge in [0.05, 0.1) is 11.8 Å². The smallest absolute Gasteiger partial charge is 0.261 e. The van der Waals surface area contributed by atoms with Gasteiger partial charge in [0.15, 0.2) is 0 Å². The van der Waals surface area contributed by atoms with Gasteiger partial charge in [0.2, 0.25) is 5.91 Å². The van der Waals surface area contributed by atoms with Crippen molar-refractivity contribution in [2.24, 2.45) is 11.8 Å². The Bertz CT molecular complexity index is 893. The van der Waals surface area contributed by atoms with Gasteiger partial charge in [-0.25, -0.2) is 0 Å². The Labute approximate surface area is 159 Å². The molecule has 2 aromatic rings. The fraction of sp³-hybridized carbons (Fsp3) is 0.545. The largest absolute Gasteiger partial charge is 0.464 e. The first-order valence-electron chi connectivity index (χ1n) is 10.3. The number of nitrogens with zero attached hydrogens (tertiary/aromatic N) is 2. The van der Waals surface area contributed by atoms with Crippen molar-refractivity contribution in [3.05, 3.63) is 46.6 Å². The van der Waals surface area contributed by atoms with E-state index in [0.29, 0.717) is 29.7 Å². The minimum Gasteiger partial charge on any atom is -0.464 e. The van der Waals surface area contributed by atoms with Crippen molar-refractivity contribution in [2.75, 3.05) is 13.1 Å². The van der Waals surface area contributed by atoms with E-state index in [2.05, 4.69) is 11.0 Å². The summed E-state index contributed by atoms with van der Waals surface area (Å²) in [5, 5.41) is 0. The average molecular weight is 366 g/mol. The van der Waals surface area contributed by atoms with E-state index in [0.717, 1.165) is 38.0 Å². The second-order valence-electron chi connectivity index (χ2n) is 8.44. The van der Waals surface area contributed by atoms with Crippen molar-refractivity contribution in [1.29, 1.82) is 0 Å². The summed E-state index contributed by atoms with van der Waals surface area (Å²) in [6.07, 6.45) is 8.41. The summed E-state index contributed by atoms with van der Waals surface area (Å²) < 4.78 is 7.36. The summed E-state index contributed by atoms with van der Waals surface area (Å²) in [6.45, 7) is 2.25. The van der Waals surface area contributed by atoms with Crippen LogP contribution in [0.5, 0.6) is 0 Å². The lowest BCUT2D eigenvalue weighted by molar-refractivity contribution is -0.139. The van der Waals surface area contributed by atoms with Gasteiger partial charge in [0.25, 0.3) is 5.56 Å². The van der Waals surface area contributed by atoms with E-state index in [4.69, 9.17) is 4.42 Å². The lowest BCUT2D eigenvalue weighted by Gasteiger charge is -2.44. The summed E-state index contributed by atoms with van der Waals surface area (Å²) in [4.78, 5) is 28.1. The molecule has 0 unspecified atom stereocenters. The molecule has 2 aliphatic heterocycles. The molecule has 27 heavy (non-hydrogen) atoms. The van der Waals surface area contributed by atoms with Crippen molar-refractivity contribution >= 4 is 5.91 Å². The number of rotatable bonds is 2. The van der Waals surface area contributed by atoms with Crippen LogP contribution in [0.2, 0.25) is 0 Å². The highest BCUT2D eigenvalue weighted by Crippen LogP contribution is 2.37. The predicted molar refractivity (Wildman–Crippen MR) is 102 cm³/mol. The summed E-state index contributed by atoms with van der Waals surface area (Å²) >= 11 is 0. The second-order valence-corrected chi connectivity index (χ2v) is 8.44. The topological polar surface area (TPSA) is 55.5 Å². The lowest BCUT2D eigenvalue weighted by Crippen LogP contribution is -2.50. The van der Waals surface area contributed by atoms with Crippen molar-refractivity contribution in [3.8, 4) is 11.3 Å². The third-order valence-corrected chi connectivity index (χ3v) is 6.66. The van der Waals surface area contributed by atoms with Gasteiger partial charge in [-0.3, -0.25) is 9.59 Å². The summed E-state index contributed by atoms with van der Waals surface area (Å²) in [5.74, 6) is 1.84. The number of carbonyl (C=O) groups excluding carboxylic acids is 1. The number of piperidine rings is 1. The first-order valence-corrected chi connectivity index (χ1v) is 10.3. The maximum absolute atomic E-state index is 13.0. The quantitative estimate of drug-likeness (QED) is 0.815. The molecule has 1 saturated carbocycles. The third kappa shape index (κ3) is 2.93. The molecule has 1 amide bonds. The van der Waals surface area contributed by atoms with Crippen LogP contribution in [0.15, 0.2) is 39.7 Å². The minimum atomic E-state index is 0.0317. The van der Waals surface area contributed by atoms with Crippen LogP contribution in [0.4, 0.5) is 0 Å². The molecular weight excluding hydrogens is 340 g/mol. The molecule has 5 heteroatoms. The van der Waals surface area contributed by atoms with E-state index < -0.39 is 0 Å². The average Bonchev–Trinajstić information content (AvgIpc) is 3.23. The number of aromatic nitrogens is 1. The molecule has 2 atom stereocenters. The SMILES string of the molecule is O=C(C1CCCCC1)N1C[C@@H]2C[C@H](C1)c1ccc(-c3ccco3)c(=O)n1C2. The minimum absolute atomic E-state index is 0.0317. The van der Waals surface area contributed by atoms with E-state index in [-0.39, 0.29) is 17.4 Å². The second kappa shape index (κ2) is 6.70. The van der Waals surface area contributed by atoms with Gasteiger partial charge in [0, 0.05) is 37.2 Å². The summed E-state index contributed by atoms with van der Waals surface area (Å²) in [6, 6.07) is 7.59. The number of hydrogen-bond acceptors (Lipinski definition) is 3. The first kappa shape index (κ1) is 16.8. The molecule has 4 heterocycles. The van der Waals surface area contributed by atoms with Crippen LogP contribution in [0, 0.1) is 11.8 Å². The fourth-order valence-corrected chi connectivity index (χ4v) is 5.35. The van der Waals surface area contributed by atoms with Crippen LogP contribution in [-0.4, -0.2) is 28.5 Å². The van der Waals surface area contributed by atoms with Gasteiger partial charge in [-0.15, -0.1) is 0 Å². The van der Waals surface area contributed by atoms with E-state index in [1.807, 2.05) is 22.8 Å². The highest BCUT2D eigenvalue weighted by atomic mass is 16.3. The maximum atomic E-state index is 13.0. The molecule has 142 valence electrons. The fourth-order valence-electron chi connectivity index (χ4n) is 5.35. The van der Waals surface area contributed by atoms with Gasteiger partial charge in [0.1, 0.15) is 5.76 Å². The third-order valence-electron chi connectivity index (χ3n) is 6.66. The zero-order chi connectivity index (χ0) is 18.4. The molecule has 5 rings (SSSR count). The van der Waals surface area contributed by atoms with Crippen molar-refractivity contribution in [1.82, 2.24) is 9.47 Å². The molecule has 0 spiro atoms. The molecule has 0 N–H and O–H groups in total. The number of carbonyl (C=O) groups is 1. The molecule has 3 aliphatic rings. The van der Waals surface area contributed by atoms with Gasteiger partial charge in [-0.1, -0.05) is 19.3 Å². The van der Waals surface area contributed by atoms with Gasteiger partial charge in [-0.05, 0) is 49.4 Å². The van der Waals surface area contributed by atoms with E-state index >= 15 is 0 Å². The van der Waals surface area contributed by atoms with Crippen LogP contribution in [-0.2, 0) is 11.3 Å². The monoisotopic (exact) mass is 366 g/mol. The van der Waals surface area contributed by atoms with Crippen molar-refractivity contribution in [3.63, 3.8) is 0 Å². The summed E-state index contributed by atoms with van der Waals surface area (Å²) in [5.41, 5.74) is 1.73. The van der Waals surface area contributed by atoms with Crippen LogP contribution < -0.4 is 5.56 Å². The maximum Gasteiger partial charge on any atom is 0.261 e. The standard InChI is InChI=1S/C22H26N2O3/c25-21(16-5-2-1-3-6-16)23-12-15-11-17(14-23)19-9-8-18(20-7-4-10-27-20)22(26)24(19)13-15/h4,7-10,15-17H,1-3,5-6,11-14H2/t15-,17+/m0/s1. The van der Waals surface area contributed by atoms with E-state index in [9.17, 15) is 9.59 Å². The molecule has 0 aromatic carbocycles. The molecule has 2 fully saturated rings. The molecule has 5 nitrogen and oxygen atoms in total. The Morgan fingerprint density at radius 1 is 1.04 bits per heavy atom. The Kier molecular flexibility index (Phi) is 4.18. The van der Waals surface area contributed by atoms with E-state index in [1.54, 1.807) is 6.26 Å². The van der Waals surface area contributed by atoms with Crippen molar-refractivity contribution in [2.45, 2.75) is 51.0 Å². The number of furan rings is 1.